The Hall–Kier alpha value is -2.86. The van der Waals surface area contributed by atoms with Gasteiger partial charge in [0.05, 0.1) is 0 Å². The second kappa shape index (κ2) is 5.35. The van der Waals surface area contributed by atoms with Gasteiger partial charge >= 0.3 is 0 Å². The lowest BCUT2D eigenvalue weighted by Crippen LogP contribution is -2.03. The highest BCUT2D eigenvalue weighted by molar-refractivity contribution is 5.88. The van der Waals surface area contributed by atoms with E-state index in [2.05, 4.69) is 84.9 Å². The first kappa shape index (κ1) is 13.6. The first-order chi connectivity index (χ1) is 11.9. The van der Waals surface area contributed by atoms with Gasteiger partial charge in [0.15, 0.2) is 0 Å². The Kier molecular flexibility index (Phi) is 3.02. The third kappa shape index (κ3) is 2.15. The first-order valence-corrected chi connectivity index (χ1v) is 8.59. The van der Waals surface area contributed by atoms with Crippen molar-refractivity contribution in [3.63, 3.8) is 0 Å². The predicted octanol–water partition coefficient (Wildman–Crippen LogP) is 6.27. The molecule has 1 aliphatic carbocycles. The second-order valence-corrected chi connectivity index (χ2v) is 6.59. The summed E-state index contributed by atoms with van der Waals surface area (Å²) in [5, 5.41) is 2.60. The van der Waals surface area contributed by atoms with Gasteiger partial charge in [-0.15, -0.1) is 0 Å². The molecule has 0 saturated heterocycles. The highest BCUT2D eigenvalue weighted by Crippen LogP contribution is 2.36. The third-order valence-corrected chi connectivity index (χ3v) is 5.16. The highest BCUT2D eigenvalue weighted by atomic mass is 14.2. The summed E-state index contributed by atoms with van der Waals surface area (Å²) < 4.78 is 0. The van der Waals surface area contributed by atoms with E-state index in [0.29, 0.717) is 0 Å². The average molecular weight is 306 g/mol. The molecule has 4 aromatic carbocycles. The number of rotatable bonds is 1. The molecule has 0 radical (unpaired) electrons. The van der Waals surface area contributed by atoms with Gasteiger partial charge in [0, 0.05) is 0 Å². The largest absolute Gasteiger partial charge is 0.0620 e. The molecular weight excluding hydrogens is 288 g/mol. The van der Waals surface area contributed by atoms with E-state index in [0.717, 1.165) is 12.8 Å². The van der Waals surface area contributed by atoms with E-state index in [1.165, 1.54) is 44.2 Å². The SMILES string of the molecule is c1ccc2c(c1)CCc1cc(-c3ccc4ccccc4c3)ccc1-2. The standard InChI is InChI=1S/C24H18/c1-2-7-19-15-20(11-9-17(19)5-1)21-13-14-24-22(16-21)12-10-18-6-3-4-8-23(18)24/h1-9,11,13-16H,10,12H2. The fourth-order valence-electron chi connectivity index (χ4n) is 3.88. The summed E-state index contributed by atoms with van der Waals surface area (Å²) in [7, 11) is 0. The van der Waals surface area contributed by atoms with E-state index < -0.39 is 0 Å². The van der Waals surface area contributed by atoms with Crippen LogP contribution in [0, 0.1) is 0 Å². The monoisotopic (exact) mass is 306 g/mol. The van der Waals surface area contributed by atoms with E-state index in [-0.39, 0.29) is 0 Å². The first-order valence-electron chi connectivity index (χ1n) is 8.59. The normalized spacial score (nSPS) is 12.7. The Bertz CT molecular complexity index is 1060. The van der Waals surface area contributed by atoms with E-state index >= 15 is 0 Å². The minimum absolute atomic E-state index is 1.13. The molecule has 0 amide bonds. The molecule has 0 saturated carbocycles. The Morgan fingerprint density at radius 3 is 2.08 bits per heavy atom. The van der Waals surface area contributed by atoms with Gasteiger partial charge in [0.1, 0.15) is 0 Å². The van der Waals surface area contributed by atoms with Gasteiger partial charge in [-0.2, -0.15) is 0 Å². The van der Waals surface area contributed by atoms with Crippen LogP contribution in [-0.4, -0.2) is 0 Å². The highest BCUT2D eigenvalue weighted by Gasteiger charge is 2.15. The lowest BCUT2D eigenvalue weighted by atomic mass is 9.84. The van der Waals surface area contributed by atoms with Crippen molar-refractivity contribution < 1.29 is 0 Å². The minimum Gasteiger partial charge on any atom is -0.0620 e. The van der Waals surface area contributed by atoms with Crippen molar-refractivity contribution >= 4 is 10.8 Å². The average Bonchev–Trinajstić information content (AvgIpc) is 2.67. The van der Waals surface area contributed by atoms with Gasteiger partial charge in [-0.05, 0) is 63.1 Å². The molecule has 0 N–H and O–H groups in total. The van der Waals surface area contributed by atoms with Gasteiger partial charge in [0.2, 0.25) is 0 Å². The van der Waals surface area contributed by atoms with Crippen LogP contribution in [0.1, 0.15) is 11.1 Å². The molecule has 114 valence electrons. The van der Waals surface area contributed by atoms with Gasteiger partial charge in [-0.1, -0.05) is 78.9 Å². The molecule has 1 aliphatic rings. The van der Waals surface area contributed by atoms with Gasteiger partial charge in [-0.25, -0.2) is 0 Å². The maximum atomic E-state index is 2.38. The molecule has 0 unspecified atom stereocenters. The number of benzene rings is 4. The van der Waals surface area contributed by atoms with E-state index in [1.807, 2.05) is 0 Å². The Balaban J connectivity index is 1.63. The van der Waals surface area contributed by atoms with Crippen LogP contribution in [0.4, 0.5) is 0 Å². The van der Waals surface area contributed by atoms with Crippen molar-refractivity contribution in [2.75, 3.05) is 0 Å². The summed E-state index contributed by atoms with van der Waals surface area (Å²) in [6.07, 6.45) is 2.28. The third-order valence-electron chi connectivity index (χ3n) is 5.16. The molecule has 4 aromatic rings. The molecule has 5 rings (SSSR count). The van der Waals surface area contributed by atoms with Crippen molar-refractivity contribution in [2.24, 2.45) is 0 Å². The van der Waals surface area contributed by atoms with E-state index in [9.17, 15) is 0 Å². The quantitative estimate of drug-likeness (QED) is 0.388. The van der Waals surface area contributed by atoms with Crippen LogP contribution in [0.15, 0.2) is 84.9 Å². The Morgan fingerprint density at radius 2 is 1.12 bits per heavy atom. The molecular formula is C24H18. The van der Waals surface area contributed by atoms with Crippen LogP contribution in [0.3, 0.4) is 0 Å². The smallest absolute Gasteiger partial charge is 0.0149 e. The Labute approximate surface area is 142 Å². The molecule has 0 atom stereocenters. The molecule has 0 aromatic heterocycles. The molecule has 0 heterocycles. The lowest BCUT2D eigenvalue weighted by Gasteiger charge is -2.20. The van der Waals surface area contributed by atoms with Crippen LogP contribution >= 0.6 is 0 Å². The summed E-state index contributed by atoms with van der Waals surface area (Å²) in [6.45, 7) is 0. The summed E-state index contributed by atoms with van der Waals surface area (Å²) in [4.78, 5) is 0. The zero-order valence-corrected chi connectivity index (χ0v) is 13.5. The van der Waals surface area contributed by atoms with E-state index in [1.54, 1.807) is 0 Å². The molecule has 0 nitrogen and oxygen atoms in total. The molecule has 0 aliphatic heterocycles. The van der Waals surface area contributed by atoms with Crippen LogP contribution in [0.25, 0.3) is 33.0 Å². The summed E-state index contributed by atoms with van der Waals surface area (Å²) >= 11 is 0. The predicted molar refractivity (Wildman–Crippen MR) is 102 cm³/mol. The molecule has 0 fully saturated rings. The van der Waals surface area contributed by atoms with Crippen molar-refractivity contribution in [2.45, 2.75) is 12.8 Å². The number of hydrogen-bond donors (Lipinski definition) is 0. The summed E-state index contributed by atoms with van der Waals surface area (Å²) in [5.41, 5.74) is 8.38. The fourth-order valence-corrected chi connectivity index (χ4v) is 3.88. The summed E-state index contributed by atoms with van der Waals surface area (Å²) in [5.74, 6) is 0. The Morgan fingerprint density at radius 1 is 0.458 bits per heavy atom. The van der Waals surface area contributed by atoms with Crippen molar-refractivity contribution in [3.05, 3.63) is 96.1 Å². The lowest BCUT2D eigenvalue weighted by molar-refractivity contribution is 0.942. The second-order valence-electron chi connectivity index (χ2n) is 6.59. The zero-order chi connectivity index (χ0) is 15.9. The molecule has 0 bridgehead atoms. The number of aryl methyl sites for hydroxylation is 2. The van der Waals surface area contributed by atoms with Crippen LogP contribution in [-0.2, 0) is 12.8 Å². The maximum absolute atomic E-state index is 2.38. The van der Waals surface area contributed by atoms with Crippen molar-refractivity contribution in [1.82, 2.24) is 0 Å². The van der Waals surface area contributed by atoms with Crippen molar-refractivity contribution in [3.8, 4) is 22.3 Å². The number of hydrogen-bond acceptors (Lipinski definition) is 0. The summed E-state index contributed by atoms with van der Waals surface area (Å²) in [6, 6.07) is 31.1. The van der Waals surface area contributed by atoms with Crippen LogP contribution in [0.5, 0.6) is 0 Å². The molecule has 0 spiro atoms. The van der Waals surface area contributed by atoms with Crippen LogP contribution < -0.4 is 0 Å². The topological polar surface area (TPSA) is 0 Å². The molecule has 0 heteroatoms. The van der Waals surface area contributed by atoms with Gasteiger partial charge in [0.25, 0.3) is 0 Å². The molecule has 24 heavy (non-hydrogen) atoms. The fraction of sp³-hybridized carbons (Fsp3) is 0.0833. The minimum atomic E-state index is 1.13. The van der Waals surface area contributed by atoms with Gasteiger partial charge in [-0.3, -0.25) is 0 Å². The number of fused-ring (bicyclic) bond motifs is 4. The van der Waals surface area contributed by atoms with Crippen molar-refractivity contribution in [1.29, 1.82) is 0 Å². The van der Waals surface area contributed by atoms with Gasteiger partial charge < -0.3 is 0 Å². The van der Waals surface area contributed by atoms with E-state index in [4.69, 9.17) is 0 Å². The van der Waals surface area contributed by atoms with Crippen LogP contribution in [0.2, 0.25) is 0 Å². The zero-order valence-electron chi connectivity index (χ0n) is 13.5. The maximum Gasteiger partial charge on any atom is -0.0149 e.